The molecule has 1 aliphatic carbocycles. The number of rotatable bonds is 2. The molecule has 1 amide bonds. The minimum atomic E-state index is -0.523. The van der Waals surface area contributed by atoms with Crippen LogP contribution < -0.4 is 5.32 Å². The topological polar surface area (TPSA) is 64.6 Å². The predicted molar refractivity (Wildman–Crippen MR) is 64.0 cm³/mol. The lowest BCUT2D eigenvalue weighted by Gasteiger charge is -2.20. The van der Waals surface area contributed by atoms with Gasteiger partial charge in [0.05, 0.1) is 13.2 Å². The molecule has 0 bridgehead atoms. The summed E-state index contributed by atoms with van der Waals surface area (Å²) in [4.78, 5) is 22.4. The fourth-order valence-electron chi connectivity index (χ4n) is 2.22. The van der Waals surface area contributed by atoms with E-state index in [9.17, 15) is 9.59 Å². The summed E-state index contributed by atoms with van der Waals surface area (Å²) in [5.74, 6) is -0.367. The molecule has 0 aromatic heterocycles. The van der Waals surface area contributed by atoms with E-state index in [4.69, 9.17) is 4.74 Å². The lowest BCUT2D eigenvalue weighted by Crippen LogP contribution is -2.39. The standard InChI is InChI=1S/C13H15NO4/c1-8(15)18-12-10-6-4-3-5-9(10)7-11(12)14-13(16)17-2/h3-6,11-12H,7H2,1-2H3,(H,14,16)/t11-,12?/m0/s1. The predicted octanol–water partition coefficient (Wildman–Crippen LogP) is 1.57. The van der Waals surface area contributed by atoms with E-state index in [-0.39, 0.29) is 12.0 Å². The maximum Gasteiger partial charge on any atom is 0.407 e. The fourth-order valence-corrected chi connectivity index (χ4v) is 2.22. The van der Waals surface area contributed by atoms with Gasteiger partial charge >= 0.3 is 12.1 Å². The largest absolute Gasteiger partial charge is 0.455 e. The van der Waals surface area contributed by atoms with Gasteiger partial charge in [0.15, 0.2) is 0 Å². The number of benzene rings is 1. The van der Waals surface area contributed by atoms with E-state index in [1.807, 2.05) is 24.3 Å². The van der Waals surface area contributed by atoms with Crippen LogP contribution in [0.4, 0.5) is 4.79 Å². The molecule has 5 heteroatoms. The molecule has 1 aliphatic rings. The number of hydrogen-bond donors (Lipinski definition) is 1. The number of carbonyl (C=O) groups excluding carboxylic acids is 2. The van der Waals surface area contributed by atoms with Gasteiger partial charge in [-0.3, -0.25) is 4.79 Å². The molecule has 1 aromatic carbocycles. The lowest BCUT2D eigenvalue weighted by molar-refractivity contribution is -0.147. The first-order valence-electron chi connectivity index (χ1n) is 5.71. The summed E-state index contributed by atoms with van der Waals surface area (Å²) in [6, 6.07) is 7.39. The third-order valence-corrected chi connectivity index (χ3v) is 2.95. The number of amides is 1. The minimum absolute atomic E-state index is 0.279. The summed E-state index contributed by atoms with van der Waals surface area (Å²) < 4.78 is 9.86. The van der Waals surface area contributed by atoms with Crippen molar-refractivity contribution in [3.63, 3.8) is 0 Å². The monoisotopic (exact) mass is 249 g/mol. The molecule has 0 fully saturated rings. The second-order valence-corrected chi connectivity index (χ2v) is 4.18. The van der Waals surface area contributed by atoms with Gasteiger partial charge in [0, 0.05) is 6.92 Å². The average Bonchev–Trinajstić information content (AvgIpc) is 2.67. The zero-order valence-electron chi connectivity index (χ0n) is 10.3. The van der Waals surface area contributed by atoms with E-state index < -0.39 is 12.2 Å². The van der Waals surface area contributed by atoms with Crippen molar-refractivity contribution in [1.29, 1.82) is 0 Å². The Morgan fingerprint density at radius 1 is 1.33 bits per heavy atom. The van der Waals surface area contributed by atoms with Crippen molar-refractivity contribution in [2.24, 2.45) is 0 Å². The Hall–Kier alpha value is -2.04. The number of hydrogen-bond acceptors (Lipinski definition) is 4. The van der Waals surface area contributed by atoms with Crippen molar-refractivity contribution in [1.82, 2.24) is 5.32 Å². The van der Waals surface area contributed by atoms with E-state index in [1.54, 1.807) is 0 Å². The van der Waals surface area contributed by atoms with Crippen LogP contribution in [0.5, 0.6) is 0 Å². The Bertz CT molecular complexity index is 472. The molecule has 0 radical (unpaired) electrons. The van der Waals surface area contributed by atoms with Crippen LogP contribution in [-0.4, -0.2) is 25.2 Å². The Kier molecular flexibility index (Phi) is 3.50. The first kappa shape index (κ1) is 12.4. The summed E-state index contributed by atoms with van der Waals surface area (Å²) in [5, 5.41) is 2.69. The van der Waals surface area contributed by atoms with Gasteiger partial charge in [-0.05, 0) is 17.5 Å². The average molecular weight is 249 g/mol. The fraction of sp³-hybridized carbons (Fsp3) is 0.385. The zero-order valence-corrected chi connectivity index (χ0v) is 10.3. The van der Waals surface area contributed by atoms with Crippen LogP contribution in [0.3, 0.4) is 0 Å². The molecule has 2 atom stereocenters. The summed E-state index contributed by atoms with van der Waals surface area (Å²) in [6.07, 6.45) is -0.341. The van der Waals surface area contributed by atoms with E-state index in [0.29, 0.717) is 6.42 Å². The number of methoxy groups -OCH3 is 1. The Labute approximate surface area is 105 Å². The Morgan fingerprint density at radius 3 is 2.72 bits per heavy atom. The number of ether oxygens (including phenoxy) is 2. The summed E-state index contributed by atoms with van der Waals surface area (Å²) in [7, 11) is 1.30. The normalized spacial score (nSPS) is 21.0. The van der Waals surface area contributed by atoms with Crippen molar-refractivity contribution in [2.45, 2.75) is 25.5 Å². The molecule has 2 rings (SSSR count). The van der Waals surface area contributed by atoms with E-state index in [1.165, 1.54) is 14.0 Å². The van der Waals surface area contributed by atoms with Gasteiger partial charge in [0.25, 0.3) is 0 Å². The molecule has 5 nitrogen and oxygen atoms in total. The van der Waals surface area contributed by atoms with Gasteiger partial charge in [0.2, 0.25) is 0 Å². The minimum Gasteiger partial charge on any atom is -0.455 e. The SMILES string of the molecule is COC(=O)N[C@H]1Cc2ccccc2C1OC(C)=O. The van der Waals surface area contributed by atoms with Crippen LogP contribution in [0.2, 0.25) is 0 Å². The summed E-state index contributed by atoms with van der Waals surface area (Å²) in [6.45, 7) is 1.36. The number of alkyl carbamates (subject to hydrolysis) is 1. The van der Waals surface area contributed by atoms with Crippen LogP contribution in [0.1, 0.15) is 24.2 Å². The third-order valence-electron chi connectivity index (χ3n) is 2.95. The number of nitrogens with one attached hydrogen (secondary N) is 1. The maximum absolute atomic E-state index is 11.3. The highest BCUT2D eigenvalue weighted by Gasteiger charge is 2.35. The highest BCUT2D eigenvalue weighted by molar-refractivity contribution is 5.69. The van der Waals surface area contributed by atoms with Crippen molar-refractivity contribution < 1.29 is 19.1 Å². The van der Waals surface area contributed by atoms with Gasteiger partial charge < -0.3 is 14.8 Å². The zero-order chi connectivity index (χ0) is 13.1. The van der Waals surface area contributed by atoms with Crippen molar-refractivity contribution in [3.05, 3.63) is 35.4 Å². The van der Waals surface area contributed by atoms with Crippen molar-refractivity contribution in [3.8, 4) is 0 Å². The van der Waals surface area contributed by atoms with Crippen molar-refractivity contribution >= 4 is 12.1 Å². The van der Waals surface area contributed by atoms with Gasteiger partial charge in [0.1, 0.15) is 6.10 Å². The second kappa shape index (κ2) is 5.08. The third kappa shape index (κ3) is 2.45. The molecule has 0 saturated heterocycles. The van der Waals surface area contributed by atoms with Crippen molar-refractivity contribution in [2.75, 3.05) is 7.11 Å². The molecule has 1 aromatic rings. The number of fused-ring (bicyclic) bond motifs is 1. The Morgan fingerprint density at radius 2 is 2.06 bits per heavy atom. The van der Waals surface area contributed by atoms with Crippen LogP contribution in [-0.2, 0) is 20.7 Å². The first-order valence-corrected chi connectivity index (χ1v) is 5.71. The first-order chi connectivity index (χ1) is 8.61. The van der Waals surface area contributed by atoms with E-state index in [2.05, 4.69) is 10.1 Å². The van der Waals surface area contributed by atoms with Gasteiger partial charge in [-0.1, -0.05) is 24.3 Å². The molecule has 0 spiro atoms. The van der Waals surface area contributed by atoms with Crippen LogP contribution >= 0.6 is 0 Å². The van der Waals surface area contributed by atoms with Crippen LogP contribution in [0, 0.1) is 0 Å². The maximum atomic E-state index is 11.3. The Balaban J connectivity index is 2.22. The molecule has 0 heterocycles. The molecular formula is C13H15NO4. The summed E-state index contributed by atoms with van der Waals surface area (Å²) in [5.41, 5.74) is 2.01. The van der Waals surface area contributed by atoms with Gasteiger partial charge in [-0.25, -0.2) is 4.79 Å². The highest BCUT2D eigenvalue weighted by Crippen LogP contribution is 2.34. The number of esters is 1. The second-order valence-electron chi connectivity index (χ2n) is 4.18. The molecule has 1 N–H and O–H groups in total. The lowest BCUT2D eigenvalue weighted by atomic mass is 10.1. The quantitative estimate of drug-likeness (QED) is 0.808. The van der Waals surface area contributed by atoms with Gasteiger partial charge in [-0.2, -0.15) is 0 Å². The molecular weight excluding hydrogens is 234 g/mol. The van der Waals surface area contributed by atoms with E-state index >= 15 is 0 Å². The summed E-state index contributed by atoms with van der Waals surface area (Å²) >= 11 is 0. The number of carbonyl (C=O) groups is 2. The van der Waals surface area contributed by atoms with Gasteiger partial charge in [-0.15, -0.1) is 0 Å². The molecule has 0 aliphatic heterocycles. The smallest absolute Gasteiger partial charge is 0.407 e. The molecule has 18 heavy (non-hydrogen) atoms. The highest BCUT2D eigenvalue weighted by atomic mass is 16.6. The molecule has 1 unspecified atom stereocenters. The van der Waals surface area contributed by atoms with Crippen LogP contribution in [0.25, 0.3) is 0 Å². The van der Waals surface area contributed by atoms with Crippen LogP contribution in [0.15, 0.2) is 24.3 Å². The van der Waals surface area contributed by atoms with E-state index in [0.717, 1.165) is 11.1 Å². The molecule has 0 saturated carbocycles. The molecule has 96 valence electrons.